The molecular formula is C37H35N3O6. The Hall–Kier alpha value is -5.44. The molecule has 0 aliphatic carbocycles. The number of carbonyl (C=O) groups excluding carboxylic acids is 4. The third kappa shape index (κ3) is 6.49. The van der Waals surface area contributed by atoms with Gasteiger partial charge in [0.2, 0.25) is 11.8 Å². The molecule has 0 bridgehead atoms. The second-order valence-corrected chi connectivity index (χ2v) is 11.8. The fourth-order valence-electron chi connectivity index (χ4n) is 5.81. The summed E-state index contributed by atoms with van der Waals surface area (Å²) < 4.78 is 12.5. The molecule has 1 fully saturated rings. The molecule has 0 saturated carbocycles. The lowest BCUT2D eigenvalue weighted by molar-refractivity contribution is -0.136. The Morgan fingerprint density at radius 3 is 2.15 bits per heavy atom. The maximum Gasteiger partial charge on any atom is 0.259 e. The van der Waals surface area contributed by atoms with Gasteiger partial charge in [0.05, 0.1) is 5.56 Å². The summed E-state index contributed by atoms with van der Waals surface area (Å²) in [5.41, 5.74) is 4.64. The summed E-state index contributed by atoms with van der Waals surface area (Å²) in [5.74, 6) is -0.511. The van der Waals surface area contributed by atoms with Crippen LogP contribution >= 0.6 is 0 Å². The standard InChI is InChI=1S/C37H35N3O6/c1-23(2)27-18-28(33(46-22-25-12-7-4-8-13-25)19-32(27)45-21-24-10-5-3-6-11-24)35(42)38-30-15-9-14-26-29(30)20-40(37(26)44)31-16-17-34(41)39-36(31)43/h3-15,18-19,23,31H,16-17,20-22H2,1-2H3,(H,38,42)(H,39,41,43). The van der Waals surface area contributed by atoms with Gasteiger partial charge in [0, 0.05) is 35.8 Å². The monoisotopic (exact) mass is 617 g/mol. The van der Waals surface area contributed by atoms with Gasteiger partial charge in [-0.15, -0.1) is 0 Å². The molecule has 234 valence electrons. The van der Waals surface area contributed by atoms with E-state index >= 15 is 0 Å². The summed E-state index contributed by atoms with van der Waals surface area (Å²) in [6.07, 6.45) is 0.417. The predicted molar refractivity (Wildman–Crippen MR) is 173 cm³/mol. The Morgan fingerprint density at radius 1 is 0.870 bits per heavy atom. The van der Waals surface area contributed by atoms with E-state index in [0.29, 0.717) is 40.5 Å². The first kappa shape index (κ1) is 30.6. The maximum atomic E-state index is 14.0. The molecule has 1 unspecified atom stereocenters. The number of hydrogen-bond acceptors (Lipinski definition) is 6. The lowest BCUT2D eigenvalue weighted by atomic mass is 9.98. The van der Waals surface area contributed by atoms with Gasteiger partial charge in [-0.25, -0.2) is 0 Å². The largest absolute Gasteiger partial charge is 0.488 e. The molecule has 1 saturated heterocycles. The Morgan fingerprint density at radius 2 is 1.52 bits per heavy atom. The molecule has 9 nitrogen and oxygen atoms in total. The average molecular weight is 618 g/mol. The van der Waals surface area contributed by atoms with Crippen LogP contribution in [0.3, 0.4) is 0 Å². The van der Waals surface area contributed by atoms with Gasteiger partial charge in [0.1, 0.15) is 30.8 Å². The first-order valence-electron chi connectivity index (χ1n) is 15.4. The Balaban J connectivity index is 1.30. The van der Waals surface area contributed by atoms with E-state index in [1.165, 1.54) is 4.90 Å². The smallest absolute Gasteiger partial charge is 0.259 e. The Bertz CT molecular complexity index is 1790. The second kappa shape index (κ2) is 13.3. The number of carbonyl (C=O) groups is 4. The number of benzene rings is 4. The highest BCUT2D eigenvalue weighted by Gasteiger charge is 2.40. The fourth-order valence-corrected chi connectivity index (χ4v) is 5.81. The number of nitrogens with one attached hydrogen (secondary N) is 2. The summed E-state index contributed by atoms with van der Waals surface area (Å²) >= 11 is 0. The molecule has 6 rings (SSSR count). The van der Waals surface area contributed by atoms with Crippen molar-refractivity contribution in [2.24, 2.45) is 0 Å². The molecule has 2 aliphatic rings. The van der Waals surface area contributed by atoms with Crippen LogP contribution in [0.2, 0.25) is 0 Å². The van der Waals surface area contributed by atoms with E-state index < -0.39 is 17.9 Å². The van der Waals surface area contributed by atoms with Gasteiger partial charge in [0.15, 0.2) is 0 Å². The molecular weight excluding hydrogens is 582 g/mol. The summed E-state index contributed by atoms with van der Waals surface area (Å²) in [4.78, 5) is 53.1. The lowest BCUT2D eigenvalue weighted by Gasteiger charge is -2.29. The van der Waals surface area contributed by atoms with E-state index in [2.05, 4.69) is 10.6 Å². The Kier molecular flexibility index (Phi) is 8.83. The average Bonchev–Trinajstić information content (AvgIpc) is 3.40. The minimum absolute atomic E-state index is 0.0428. The van der Waals surface area contributed by atoms with Gasteiger partial charge in [-0.2, -0.15) is 0 Å². The molecule has 2 heterocycles. The van der Waals surface area contributed by atoms with Crippen molar-refractivity contribution < 1.29 is 28.7 Å². The molecule has 0 radical (unpaired) electrons. The first-order valence-corrected chi connectivity index (χ1v) is 15.4. The summed E-state index contributed by atoms with van der Waals surface area (Å²) in [6, 6.07) is 27.5. The van der Waals surface area contributed by atoms with Crippen LogP contribution in [0.15, 0.2) is 91.0 Å². The molecule has 4 aromatic carbocycles. The highest BCUT2D eigenvalue weighted by atomic mass is 16.5. The van der Waals surface area contributed by atoms with Crippen molar-refractivity contribution in [1.29, 1.82) is 0 Å². The van der Waals surface area contributed by atoms with Crippen LogP contribution in [0.4, 0.5) is 5.69 Å². The number of fused-ring (bicyclic) bond motifs is 1. The van der Waals surface area contributed by atoms with Crippen LogP contribution in [0.5, 0.6) is 11.5 Å². The topological polar surface area (TPSA) is 114 Å². The van der Waals surface area contributed by atoms with Gasteiger partial charge in [-0.3, -0.25) is 24.5 Å². The van der Waals surface area contributed by atoms with Crippen molar-refractivity contribution in [2.75, 3.05) is 5.32 Å². The number of ether oxygens (including phenoxy) is 2. The zero-order valence-corrected chi connectivity index (χ0v) is 25.7. The van der Waals surface area contributed by atoms with Gasteiger partial charge in [0.25, 0.3) is 11.8 Å². The maximum absolute atomic E-state index is 14.0. The van der Waals surface area contributed by atoms with E-state index in [4.69, 9.17) is 9.47 Å². The number of nitrogens with zero attached hydrogens (tertiary/aromatic N) is 1. The lowest BCUT2D eigenvalue weighted by Crippen LogP contribution is -2.52. The van der Waals surface area contributed by atoms with Gasteiger partial charge < -0.3 is 19.7 Å². The second-order valence-electron chi connectivity index (χ2n) is 11.8. The highest BCUT2D eigenvalue weighted by Crippen LogP contribution is 2.37. The molecule has 4 aromatic rings. The first-order chi connectivity index (χ1) is 22.3. The highest BCUT2D eigenvalue weighted by molar-refractivity contribution is 6.10. The van der Waals surface area contributed by atoms with E-state index in [9.17, 15) is 19.2 Å². The van der Waals surface area contributed by atoms with Crippen molar-refractivity contribution in [3.05, 3.63) is 124 Å². The third-order valence-electron chi connectivity index (χ3n) is 8.28. The van der Waals surface area contributed by atoms with Crippen molar-refractivity contribution in [1.82, 2.24) is 10.2 Å². The van der Waals surface area contributed by atoms with Crippen LogP contribution in [0.25, 0.3) is 0 Å². The van der Waals surface area contributed by atoms with Gasteiger partial charge in [-0.05, 0) is 47.2 Å². The van der Waals surface area contributed by atoms with Crippen molar-refractivity contribution >= 4 is 29.3 Å². The number of imide groups is 1. The Labute approximate surface area is 267 Å². The number of rotatable bonds is 10. The minimum Gasteiger partial charge on any atom is -0.488 e. The number of anilines is 1. The number of piperidine rings is 1. The normalized spacial score (nSPS) is 15.8. The quantitative estimate of drug-likeness (QED) is 0.212. The molecule has 2 aliphatic heterocycles. The van der Waals surface area contributed by atoms with E-state index in [-0.39, 0.29) is 43.7 Å². The molecule has 4 amide bonds. The van der Waals surface area contributed by atoms with Crippen molar-refractivity contribution in [3.63, 3.8) is 0 Å². The van der Waals surface area contributed by atoms with Gasteiger partial charge >= 0.3 is 0 Å². The van der Waals surface area contributed by atoms with Crippen LogP contribution in [0.1, 0.15) is 75.6 Å². The molecule has 9 heteroatoms. The van der Waals surface area contributed by atoms with Crippen molar-refractivity contribution in [2.45, 2.75) is 58.4 Å². The zero-order chi connectivity index (χ0) is 32.2. The molecule has 0 spiro atoms. The predicted octanol–water partition coefficient (Wildman–Crippen LogP) is 5.98. The van der Waals surface area contributed by atoms with Crippen LogP contribution in [-0.2, 0) is 29.3 Å². The van der Waals surface area contributed by atoms with Crippen LogP contribution in [0, 0.1) is 0 Å². The van der Waals surface area contributed by atoms with Crippen molar-refractivity contribution in [3.8, 4) is 11.5 Å². The fraction of sp³-hybridized carbons (Fsp3) is 0.243. The molecule has 2 N–H and O–H groups in total. The molecule has 46 heavy (non-hydrogen) atoms. The molecule has 0 aromatic heterocycles. The summed E-state index contributed by atoms with van der Waals surface area (Å²) in [7, 11) is 0. The number of amides is 4. The minimum atomic E-state index is -0.754. The number of hydrogen-bond donors (Lipinski definition) is 2. The summed E-state index contributed by atoms with van der Waals surface area (Å²) in [6.45, 7) is 4.82. The SMILES string of the molecule is CC(C)c1cc(C(=O)Nc2cccc3c2CN(C2CCC(=O)NC2=O)C3=O)c(OCc2ccccc2)cc1OCc1ccccc1. The molecule has 1 atom stereocenters. The third-order valence-corrected chi connectivity index (χ3v) is 8.28. The van der Waals surface area contributed by atoms with E-state index in [1.807, 2.05) is 80.6 Å². The van der Waals surface area contributed by atoms with Crippen LogP contribution in [-0.4, -0.2) is 34.6 Å². The zero-order valence-electron chi connectivity index (χ0n) is 25.7. The van der Waals surface area contributed by atoms with E-state index in [1.54, 1.807) is 24.3 Å². The van der Waals surface area contributed by atoms with Gasteiger partial charge in [-0.1, -0.05) is 80.6 Å². The van der Waals surface area contributed by atoms with Crippen LogP contribution < -0.4 is 20.1 Å². The summed E-state index contributed by atoms with van der Waals surface area (Å²) in [5, 5.41) is 5.33. The van der Waals surface area contributed by atoms with E-state index in [0.717, 1.165) is 16.7 Å².